The van der Waals surface area contributed by atoms with Gasteiger partial charge >= 0.3 is 0 Å². The number of benzene rings is 1. The molecule has 1 aromatic carbocycles. The summed E-state index contributed by atoms with van der Waals surface area (Å²) in [5.74, 6) is 0.920. The minimum Gasteiger partial charge on any atom is -0.496 e. The van der Waals surface area contributed by atoms with Crippen LogP contribution in [0.25, 0.3) is 0 Å². The molecule has 0 saturated carbocycles. The Morgan fingerprint density at radius 1 is 1.19 bits per heavy atom. The average molecular weight is 285 g/mol. The van der Waals surface area contributed by atoms with Gasteiger partial charge in [0.15, 0.2) is 0 Å². The van der Waals surface area contributed by atoms with Gasteiger partial charge in [0.2, 0.25) is 0 Å². The highest BCUT2D eigenvalue weighted by atomic mass is 16.5. The van der Waals surface area contributed by atoms with Crippen LogP contribution in [0.2, 0.25) is 0 Å². The summed E-state index contributed by atoms with van der Waals surface area (Å²) >= 11 is 0. The van der Waals surface area contributed by atoms with Gasteiger partial charge in [0, 0.05) is 23.0 Å². The fourth-order valence-electron chi connectivity index (χ4n) is 2.63. The maximum atomic E-state index is 10.2. The second-order valence-corrected chi connectivity index (χ2v) is 5.36. The van der Waals surface area contributed by atoms with E-state index in [0.29, 0.717) is 0 Å². The molecule has 0 amide bonds. The SMILES string of the molecule is COc1c(C)cnc(CCCC(O)c2ccccc2)c1C. The number of pyridine rings is 1. The molecule has 1 heterocycles. The van der Waals surface area contributed by atoms with Gasteiger partial charge in [0.1, 0.15) is 5.75 Å². The van der Waals surface area contributed by atoms with Gasteiger partial charge in [-0.3, -0.25) is 4.98 Å². The van der Waals surface area contributed by atoms with Gasteiger partial charge in [0.25, 0.3) is 0 Å². The predicted octanol–water partition coefficient (Wildman–Crippen LogP) is 3.76. The molecule has 21 heavy (non-hydrogen) atoms. The Labute approximate surface area is 126 Å². The highest BCUT2D eigenvalue weighted by Crippen LogP contribution is 2.26. The van der Waals surface area contributed by atoms with Crippen molar-refractivity contribution in [3.8, 4) is 5.75 Å². The molecule has 3 heteroatoms. The molecule has 2 rings (SSSR count). The quantitative estimate of drug-likeness (QED) is 0.878. The molecule has 1 aromatic heterocycles. The Bertz CT molecular complexity index is 581. The van der Waals surface area contributed by atoms with Gasteiger partial charge in [-0.05, 0) is 38.7 Å². The molecule has 0 aliphatic rings. The van der Waals surface area contributed by atoms with Gasteiger partial charge in [-0.1, -0.05) is 30.3 Å². The molecule has 0 fully saturated rings. The Morgan fingerprint density at radius 2 is 1.90 bits per heavy atom. The van der Waals surface area contributed by atoms with Crippen molar-refractivity contribution in [2.45, 2.75) is 39.2 Å². The molecule has 112 valence electrons. The van der Waals surface area contributed by atoms with Crippen LogP contribution in [0.4, 0.5) is 0 Å². The van der Waals surface area contributed by atoms with E-state index < -0.39 is 6.10 Å². The summed E-state index contributed by atoms with van der Waals surface area (Å²) in [5.41, 5.74) is 4.19. The smallest absolute Gasteiger partial charge is 0.128 e. The van der Waals surface area contributed by atoms with Crippen LogP contribution in [0.3, 0.4) is 0 Å². The van der Waals surface area contributed by atoms with Crippen LogP contribution in [-0.2, 0) is 6.42 Å². The van der Waals surface area contributed by atoms with Gasteiger partial charge in [-0.25, -0.2) is 0 Å². The number of methoxy groups -OCH3 is 1. The summed E-state index contributed by atoms with van der Waals surface area (Å²) in [6.45, 7) is 4.05. The van der Waals surface area contributed by atoms with Crippen molar-refractivity contribution in [3.63, 3.8) is 0 Å². The number of nitrogens with zero attached hydrogens (tertiary/aromatic N) is 1. The largest absolute Gasteiger partial charge is 0.496 e. The van der Waals surface area contributed by atoms with Crippen LogP contribution in [0.15, 0.2) is 36.5 Å². The predicted molar refractivity (Wildman–Crippen MR) is 84.6 cm³/mol. The number of aromatic nitrogens is 1. The van der Waals surface area contributed by atoms with Crippen molar-refractivity contribution in [3.05, 3.63) is 58.9 Å². The van der Waals surface area contributed by atoms with E-state index in [-0.39, 0.29) is 0 Å². The monoisotopic (exact) mass is 285 g/mol. The molecule has 0 aliphatic carbocycles. The summed E-state index contributed by atoms with van der Waals surface area (Å²) in [4.78, 5) is 4.49. The van der Waals surface area contributed by atoms with Gasteiger partial charge in [-0.2, -0.15) is 0 Å². The van der Waals surface area contributed by atoms with Crippen molar-refractivity contribution in [2.24, 2.45) is 0 Å². The molecule has 0 spiro atoms. The normalized spacial score (nSPS) is 12.2. The molecule has 2 aromatic rings. The van der Waals surface area contributed by atoms with Crippen LogP contribution in [0.1, 0.15) is 41.3 Å². The van der Waals surface area contributed by atoms with Crippen LogP contribution < -0.4 is 4.74 Å². The lowest BCUT2D eigenvalue weighted by Gasteiger charge is -2.13. The van der Waals surface area contributed by atoms with Gasteiger partial charge in [-0.15, -0.1) is 0 Å². The highest BCUT2D eigenvalue weighted by molar-refractivity contribution is 5.41. The van der Waals surface area contributed by atoms with Crippen molar-refractivity contribution in [2.75, 3.05) is 7.11 Å². The number of hydrogen-bond donors (Lipinski definition) is 1. The summed E-state index contributed by atoms with van der Waals surface area (Å²) in [6.07, 6.45) is 3.94. The third-order valence-corrected chi connectivity index (χ3v) is 3.83. The van der Waals surface area contributed by atoms with E-state index in [4.69, 9.17) is 4.74 Å². The first kappa shape index (κ1) is 15.5. The number of aryl methyl sites for hydroxylation is 2. The standard InChI is InChI=1S/C18H23NO2/c1-13-12-19-16(14(2)18(13)21-3)10-7-11-17(20)15-8-5-4-6-9-15/h4-6,8-9,12,17,20H,7,10-11H2,1-3H3. The lowest BCUT2D eigenvalue weighted by Crippen LogP contribution is -2.02. The molecule has 1 atom stereocenters. The summed E-state index contributed by atoms with van der Waals surface area (Å²) in [5, 5.41) is 10.2. The van der Waals surface area contributed by atoms with E-state index in [1.807, 2.05) is 50.4 Å². The van der Waals surface area contributed by atoms with Crippen LogP contribution >= 0.6 is 0 Å². The molecular formula is C18H23NO2. The molecule has 3 nitrogen and oxygen atoms in total. The fraction of sp³-hybridized carbons (Fsp3) is 0.389. The Balaban J connectivity index is 1.95. The van der Waals surface area contributed by atoms with Crippen LogP contribution in [-0.4, -0.2) is 17.2 Å². The molecular weight excluding hydrogens is 262 g/mol. The van der Waals surface area contributed by atoms with Crippen LogP contribution in [0, 0.1) is 13.8 Å². The molecule has 0 aliphatic heterocycles. The lowest BCUT2D eigenvalue weighted by atomic mass is 10.0. The van der Waals surface area contributed by atoms with Crippen LogP contribution in [0.5, 0.6) is 5.75 Å². The zero-order valence-corrected chi connectivity index (χ0v) is 13.0. The average Bonchev–Trinajstić information content (AvgIpc) is 2.51. The number of aliphatic hydroxyl groups excluding tert-OH is 1. The first-order valence-electron chi connectivity index (χ1n) is 7.35. The van der Waals surface area contributed by atoms with E-state index in [1.165, 1.54) is 0 Å². The molecule has 1 N–H and O–H groups in total. The number of ether oxygens (including phenoxy) is 1. The van der Waals surface area contributed by atoms with E-state index in [1.54, 1.807) is 7.11 Å². The first-order valence-corrected chi connectivity index (χ1v) is 7.35. The number of hydrogen-bond acceptors (Lipinski definition) is 3. The Hall–Kier alpha value is -1.87. The third kappa shape index (κ3) is 3.82. The minimum atomic E-state index is -0.404. The molecule has 0 bridgehead atoms. The first-order chi connectivity index (χ1) is 10.1. The van der Waals surface area contributed by atoms with E-state index in [2.05, 4.69) is 4.98 Å². The van der Waals surface area contributed by atoms with Crippen molar-refractivity contribution >= 4 is 0 Å². The highest BCUT2D eigenvalue weighted by Gasteiger charge is 2.11. The zero-order valence-electron chi connectivity index (χ0n) is 13.0. The molecule has 0 radical (unpaired) electrons. The summed E-state index contributed by atoms with van der Waals surface area (Å²) in [6, 6.07) is 9.79. The fourth-order valence-corrected chi connectivity index (χ4v) is 2.63. The maximum Gasteiger partial charge on any atom is 0.128 e. The van der Waals surface area contributed by atoms with Crippen molar-refractivity contribution in [1.29, 1.82) is 0 Å². The summed E-state index contributed by atoms with van der Waals surface area (Å²) < 4.78 is 5.42. The summed E-state index contributed by atoms with van der Waals surface area (Å²) in [7, 11) is 1.69. The minimum absolute atomic E-state index is 0.404. The third-order valence-electron chi connectivity index (χ3n) is 3.83. The topological polar surface area (TPSA) is 42.4 Å². The van der Waals surface area contributed by atoms with E-state index >= 15 is 0 Å². The molecule has 1 unspecified atom stereocenters. The zero-order chi connectivity index (χ0) is 15.2. The number of rotatable bonds is 6. The Morgan fingerprint density at radius 3 is 2.57 bits per heavy atom. The van der Waals surface area contributed by atoms with Gasteiger partial charge in [0.05, 0.1) is 13.2 Å². The Kier molecular flexibility index (Phi) is 5.34. The second-order valence-electron chi connectivity index (χ2n) is 5.36. The maximum absolute atomic E-state index is 10.2. The second kappa shape index (κ2) is 7.23. The number of aliphatic hydroxyl groups is 1. The molecule has 0 saturated heterocycles. The van der Waals surface area contributed by atoms with Gasteiger partial charge < -0.3 is 9.84 Å². The van der Waals surface area contributed by atoms with Crippen molar-refractivity contribution < 1.29 is 9.84 Å². The van der Waals surface area contributed by atoms with Crippen molar-refractivity contribution in [1.82, 2.24) is 4.98 Å². The lowest BCUT2D eigenvalue weighted by molar-refractivity contribution is 0.164. The van der Waals surface area contributed by atoms with E-state index in [9.17, 15) is 5.11 Å². The van der Waals surface area contributed by atoms with E-state index in [0.717, 1.165) is 47.4 Å².